The fraction of sp³-hybridized carbons (Fsp3) is 0.538. The highest BCUT2D eigenvalue weighted by molar-refractivity contribution is 5.39. The van der Waals surface area contributed by atoms with Gasteiger partial charge in [-0.25, -0.2) is 0 Å². The maximum absolute atomic E-state index is 9.35. The van der Waals surface area contributed by atoms with Crippen LogP contribution in [0, 0.1) is 0 Å². The Hall–Kier alpha value is -1.26. The number of hydrogen-bond donors (Lipinski definition) is 2. The first-order valence-corrected chi connectivity index (χ1v) is 5.77. The average Bonchev–Trinajstić information content (AvgIpc) is 2.37. The largest absolute Gasteiger partial charge is 0.493 e. The molecule has 4 nitrogen and oxygen atoms in total. The lowest BCUT2D eigenvalue weighted by Gasteiger charge is -2.28. The first-order valence-electron chi connectivity index (χ1n) is 5.77. The van der Waals surface area contributed by atoms with E-state index in [1.165, 1.54) is 0 Å². The summed E-state index contributed by atoms with van der Waals surface area (Å²) in [5.41, 5.74) is -0.435. The van der Waals surface area contributed by atoms with Crippen LogP contribution in [0.2, 0.25) is 0 Å². The predicted molar refractivity (Wildman–Crippen MR) is 67.7 cm³/mol. The van der Waals surface area contributed by atoms with Crippen LogP contribution in [0.15, 0.2) is 24.3 Å². The van der Waals surface area contributed by atoms with Crippen molar-refractivity contribution in [1.82, 2.24) is 5.32 Å². The molecule has 0 aliphatic carbocycles. The molecule has 0 aromatic heterocycles. The molecule has 1 unspecified atom stereocenters. The van der Waals surface area contributed by atoms with Gasteiger partial charge >= 0.3 is 0 Å². The van der Waals surface area contributed by atoms with Crippen molar-refractivity contribution in [2.75, 3.05) is 26.9 Å². The Morgan fingerprint density at radius 2 is 1.94 bits per heavy atom. The molecule has 0 radical (unpaired) electrons. The Balaban J connectivity index is 2.65. The van der Waals surface area contributed by atoms with E-state index in [4.69, 9.17) is 9.47 Å². The van der Waals surface area contributed by atoms with E-state index in [0.717, 1.165) is 6.54 Å². The summed E-state index contributed by atoms with van der Waals surface area (Å²) in [6.07, 6.45) is 0. The average molecular weight is 239 g/mol. The van der Waals surface area contributed by atoms with Crippen molar-refractivity contribution in [1.29, 1.82) is 0 Å². The molecule has 0 aliphatic heterocycles. The number of rotatable bonds is 7. The van der Waals surface area contributed by atoms with Gasteiger partial charge in [-0.2, -0.15) is 0 Å². The van der Waals surface area contributed by atoms with E-state index >= 15 is 0 Å². The van der Waals surface area contributed by atoms with Gasteiger partial charge in [0.2, 0.25) is 0 Å². The van der Waals surface area contributed by atoms with Gasteiger partial charge in [-0.15, -0.1) is 0 Å². The molecule has 17 heavy (non-hydrogen) atoms. The highest BCUT2D eigenvalue weighted by Crippen LogP contribution is 2.26. The van der Waals surface area contributed by atoms with Crippen LogP contribution in [-0.2, 0) is 0 Å². The zero-order chi connectivity index (χ0) is 12.7. The minimum absolute atomic E-state index is 0.0238. The summed E-state index contributed by atoms with van der Waals surface area (Å²) in [6, 6.07) is 7.48. The summed E-state index contributed by atoms with van der Waals surface area (Å²) in [4.78, 5) is 0. The number of aliphatic hydroxyl groups excluding tert-OH is 1. The fourth-order valence-electron chi connectivity index (χ4n) is 1.55. The number of likely N-dealkylation sites (N-methyl/N-ethyl adjacent to an activating group) is 1. The second-order valence-electron chi connectivity index (χ2n) is 4.19. The fourth-order valence-corrected chi connectivity index (χ4v) is 1.55. The molecule has 4 heteroatoms. The third-order valence-corrected chi connectivity index (χ3v) is 2.57. The topological polar surface area (TPSA) is 50.7 Å². The van der Waals surface area contributed by atoms with E-state index in [1.807, 2.05) is 38.1 Å². The summed E-state index contributed by atoms with van der Waals surface area (Å²) in [7, 11) is 1.61. The van der Waals surface area contributed by atoms with Crippen molar-refractivity contribution in [3.05, 3.63) is 24.3 Å². The number of hydrogen-bond acceptors (Lipinski definition) is 4. The molecular formula is C13H21NO3. The van der Waals surface area contributed by atoms with E-state index in [1.54, 1.807) is 7.11 Å². The van der Waals surface area contributed by atoms with Crippen LogP contribution in [0.4, 0.5) is 0 Å². The molecule has 1 aromatic rings. The molecule has 0 bridgehead atoms. The molecular weight excluding hydrogens is 218 g/mol. The van der Waals surface area contributed by atoms with Gasteiger partial charge in [-0.05, 0) is 25.6 Å². The summed E-state index contributed by atoms with van der Waals surface area (Å²) >= 11 is 0. The van der Waals surface area contributed by atoms with E-state index in [0.29, 0.717) is 18.1 Å². The lowest BCUT2D eigenvalue weighted by Crippen LogP contribution is -2.50. The third-order valence-electron chi connectivity index (χ3n) is 2.57. The summed E-state index contributed by atoms with van der Waals surface area (Å²) in [5.74, 6) is 1.39. The highest BCUT2D eigenvalue weighted by atomic mass is 16.5. The summed E-state index contributed by atoms with van der Waals surface area (Å²) in [6.45, 7) is 5.11. The van der Waals surface area contributed by atoms with Crippen molar-refractivity contribution >= 4 is 0 Å². The molecule has 0 amide bonds. The van der Waals surface area contributed by atoms with Crippen LogP contribution in [0.25, 0.3) is 0 Å². The van der Waals surface area contributed by atoms with Gasteiger partial charge in [0.05, 0.1) is 19.3 Å². The van der Waals surface area contributed by atoms with Crippen LogP contribution >= 0.6 is 0 Å². The summed E-state index contributed by atoms with van der Waals surface area (Å²) < 4.78 is 10.9. The number of aliphatic hydroxyl groups is 1. The molecule has 0 fully saturated rings. The maximum Gasteiger partial charge on any atom is 0.161 e. The van der Waals surface area contributed by atoms with E-state index in [-0.39, 0.29) is 6.61 Å². The Morgan fingerprint density at radius 1 is 1.29 bits per heavy atom. The quantitative estimate of drug-likeness (QED) is 0.756. The highest BCUT2D eigenvalue weighted by Gasteiger charge is 2.23. The SMILES string of the molecule is CCNC(C)(CO)COc1ccccc1OC. The normalized spacial score (nSPS) is 14.1. The lowest BCUT2D eigenvalue weighted by atomic mass is 10.1. The second-order valence-corrected chi connectivity index (χ2v) is 4.19. The number of ether oxygens (including phenoxy) is 2. The van der Waals surface area contributed by atoms with Gasteiger partial charge in [0.15, 0.2) is 11.5 Å². The standard InChI is InChI=1S/C13H21NO3/c1-4-14-13(2,9-15)10-17-12-8-6-5-7-11(12)16-3/h5-8,14-15H,4,9-10H2,1-3H3. The van der Waals surface area contributed by atoms with Crippen molar-refractivity contribution in [3.63, 3.8) is 0 Å². The van der Waals surface area contributed by atoms with Crippen molar-refractivity contribution < 1.29 is 14.6 Å². The maximum atomic E-state index is 9.35. The molecule has 1 rings (SSSR count). The molecule has 96 valence electrons. The molecule has 1 atom stereocenters. The Morgan fingerprint density at radius 3 is 2.47 bits per heavy atom. The van der Waals surface area contributed by atoms with Gasteiger partial charge < -0.3 is 19.9 Å². The first kappa shape index (κ1) is 13.8. The minimum atomic E-state index is -0.435. The number of benzene rings is 1. The zero-order valence-corrected chi connectivity index (χ0v) is 10.7. The number of nitrogens with one attached hydrogen (secondary N) is 1. The molecule has 0 heterocycles. The van der Waals surface area contributed by atoms with Crippen LogP contribution in [0.3, 0.4) is 0 Å². The number of methoxy groups -OCH3 is 1. The molecule has 0 spiro atoms. The third kappa shape index (κ3) is 3.91. The lowest BCUT2D eigenvalue weighted by molar-refractivity contribution is 0.115. The Kier molecular flexibility index (Phi) is 5.25. The smallest absolute Gasteiger partial charge is 0.161 e. The number of para-hydroxylation sites is 2. The molecule has 0 aliphatic rings. The van der Waals surface area contributed by atoms with Crippen molar-refractivity contribution in [3.8, 4) is 11.5 Å². The monoisotopic (exact) mass is 239 g/mol. The Labute approximate surface area is 103 Å². The second kappa shape index (κ2) is 6.47. The van der Waals surface area contributed by atoms with Gasteiger partial charge in [0.25, 0.3) is 0 Å². The van der Waals surface area contributed by atoms with Crippen LogP contribution in [-0.4, -0.2) is 37.5 Å². The predicted octanol–water partition coefficient (Wildman–Crippen LogP) is 1.43. The first-order chi connectivity index (χ1) is 8.15. The van der Waals surface area contributed by atoms with E-state index in [2.05, 4.69) is 5.32 Å². The molecule has 0 saturated heterocycles. The van der Waals surface area contributed by atoms with Gasteiger partial charge in [-0.3, -0.25) is 0 Å². The molecule has 0 saturated carbocycles. The van der Waals surface area contributed by atoms with E-state index in [9.17, 15) is 5.11 Å². The van der Waals surface area contributed by atoms with Crippen LogP contribution < -0.4 is 14.8 Å². The van der Waals surface area contributed by atoms with Crippen molar-refractivity contribution in [2.45, 2.75) is 19.4 Å². The zero-order valence-electron chi connectivity index (χ0n) is 10.7. The van der Waals surface area contributed by atoms with E-state index < -0.39 is 5.54 Å². The summed E-state index contributed by atoms with van der Waals surface area (Å²) in [5, 5.41) is 12.5. The van der Waals surface area contributed by atoms with Crippen LogP contribution in [0.5, 0.6) is 11.5 Å². The van der Waals surface area contributed by atoms with Crippen molar-refractivity contribution in [2.24, 2.45) is 0 Å². The van der Waals surface area contributed by atoms with Gasteiger partial charge in [0, 0.05) is 0 Å². The molecule has 2 N–H and O–H groups in total. The Bertz CT molecular complexity index is 343. The van der Waals surface area contributed by atoms with Gasteiger partial charge in [-0.1, -0.05) is 19.1 Å². The van der Waals surface area contributed by atoms with Crippen LogP contribution in [0.1, 0.15) is 13.8 Å². The molecule has 1 aromatic carbocycles. The van der Waals surface area contributed by atoms with Gasteiger partial charge in [0.1, 0.15) is 6.61 Å². The minimum Gasteiger partial charge on any atom is -0.493 e.